The van der Waals surface area contributed by atoms with E-state index in [9.17, 15) is 13.2 Å². The zero-order valence-electron chi connectivity index (χ0n) is 15.9. The van der Waals surface area contributed by atoms with Crippen LogP contribution in [-0.4, -0.2) is 70.4 Å². The topological polar surface area (TPSA) is 81.7 Å². The van der Waals surface area contributed by atoms with E-state index in [0.717, 1.165) is 45.6 Å². The zero-order chi connectivity index (χ0) is 19.2. The number of amides is 1. The van der Waals surface area contributed by atoms with Gasteiger partial charge in [-0.05, 0) is 51.1 Å². The van der Waals surface area contributed by atoms with Gasteiger partial charge in [-0.2, -0.15) is 0 Å². The molecule has 1 aliphatic heterocycles. The highest BCUT2D eigenvalue weighted by Gasteiger charge is 2.17. The number of hydrogen-bond donors (Lipinski definition) is 2. The van der Waals surface area contributed by atoms with E-state index >= 15 is 0 Å². The summed E-state index contributed by atoms with van der Waals surface area (Å²) in [5, 5.41) is 2.62. The Kier molecular flexibility index (Phi) is 7.57. The van der Waals surface area contributed by atoms with Gasteiger partial charge in [0.05, 0.1) is 4.90 Å². The average molecular weight is 383 g/mol. The lowest BCUT2D eigenvalue weighted by molar-refractivity contribution is -0.114. The van der Waals surface area contributed by atoms with Crippen LogP contribution in [0, 0.1) is 6.92 Å². The Hall–Kier alpha value is -1.48. The summed E-state index contributed by atoms with van der Waals surface area (Å²) in [6.45, 7) is 8.92. The maximum atomic E-state index is 12.6. The van der Waals surface area contributed by atoms with Gasteiger partial charge in [0, 0.05) is 45.3 Å². The summed E-state index contributed by atoms with van der Waals surface area (Å²) in [6.07, 6.45) is 1.77. The predicted molar refractivity (Wildman–Crippen MR) is 104 cm³/mol. The Morgan fingerprint density at radius 3 is 2.50 bits per heavy atom. The molecule has 0 saturated carbocycles. The van der Waals surface area contributed by atoms with Crippen LogP contribution in [0.25, 0.3) is 0 Å². The third-order valence-corrected chi connectivity index (χ3v) is 6.19. The molecule has 1 heterocycles. The number of carbonyl (C=O) groups excluding carboxylic acids is 1. The van der Waals surface area contributed by atoms with Crippen LogP contribution < -0.4 is 10.0 Å². The van der Waals surface area contributed by atoms with E-state index in [0.29, 0.717) is 17.8 Å². The van der Waals surface area contributed by atoms with Gasteiger partial charge < -0.3 is 15.1 Å². The molecule has 26 heavy (non-hydrogen) atoms. The van der Waals surface area contributed by atoms with Crippen molar-refractivity contribution in [3.63, 3.8) is 0 Å². The Morgan fingerprint density at radius 2 is 1.85 bits per heavy atom. The Bertz CT molecular complexity index is 713. The average Bonchev–Trinajstić information content (AvgIpc) is 2.57. The summed E-state index contributed by atoms with van der Waals surface area (Å²) in [7, 11) is -1.45. The second-order valence-corrected chi connectivity index (χ2v) is 8.65. The van der Waals surface area contributed by atoms with Crippen LogP contribution in [0.4, 0.5) is 5.69 Å². The highest BCUT2D eigenvalue weighted by molar-refractivity contribution is 7.89. The minimum absolute atomic E-state index is 0.211. The number of aryl methyl sites for hydroxylation is 1. The van der Waals surface area contributed by atoms with E-state index in [4.69, 9.17) is 0 Å². The van der Waals surface area contributed by atoms with Crippen molar-refractivity contribution in [3.05, 3.63) is 23.8 Å². The van der Waals surface area contributed by atoms with Crippen molar-refractivity contribution >= 4 is 21.6 Å². The molecule has 1 amide bonds. The summed E-state index contributed by atoms with van der Waals surface area (Å²) in [6, 6.07) is 4.91. The van der Waals surface area contributed by atoms with Crippen molar-refractivity contribution in [2.45, 2.75) is 31.6 Å². The molecule has 2 rings (SSSR count). The number of likely N-dealkylation sites (N-methyl/N-ethyl adjacent to an activating group) is 1. The quantitative estimate of drug-likeness (QED) is 0.662. The lowest BCUT2D eigenvalue weighted by atomic mass is 10.2. The molecule has 0 unspecified atom stereocenters. The van der Waals surface area contributed by atoms with Crippen molar-refractivity contribution in [3.8, 4) is 0 Å². The molecule has 1 saturated heterocycles. The second kappa shape index (κ2) is 9.45. The minimum atomic E-state index is -3.58. The van der Waals surface area contributed by atoms with E-state index < -0.39 is 10.0 Å². The standard InChI is InChI=1S/C18H30N4O3S/c1-15-6-7-17(20-16(2)23)14-18(15)26(24,25)19-8-4-5-9-22-12-10-21(3)11-13-22/h6-7,14,19H,4-5,8-13H2,1-3H3,(H,20,23). The molecule has 0 atom stereocenters. The Balaban J connectivity index is 1.82. The van der Waals surface area contributed by atoms with Gasteiger partial charge in [0.2, 0.25) is 15.9 Å². The molecule has 2 N–H and O–H groups in total. The summed E-state index contributed by atoms with van der Waals surface area (Å²) in [4.78, 5) is 16.1. The fourth-order valence-electron chi connectivity index (χ4n) is 2.99. The van der Waals surface area contributed by atoms with Gasteiger partial charge in [0.25, 0.3) is 0 Å². The van der Waals surface area contributed by atoms with Gasteiger partial charge in [0.1, 0.15) is 0 Å². The number of unbranched alkanes of at least 4 members (excludes halogenated alkanes) is 1. The number of hydrogen-bond acceptors (Lipinski definition) is 5. The fraction of sp³-hybridized carbons (Fsp3) is 0.611. The first-order valence-corrected chi connectivity index (χ1v) is 10.5. The van der Waals surface area contributed by atoms with Gasteiger partial charge in [-0.15, -0.1) is 0 Å². The lowest BCUT2D eigenvalue weighted by Gasteiger charge is -2.32. The number of anilines is 1. The molecule has 7 nitrogen and oxygen atoms in total. The van der Waals surface area contributed by atoms with Crippen LogP contribution in [-0.2, 0) is 14.8 Å². The number of nitrogens with zero attached hydrogens (tertiary/aromatic N) is 2. The molecule has 8 heteroatoms. The van der Waals surface area contributed by atoms with Crippen LogP contribution >= 0.6 is 0 Å². The first-order chi connectivity index (χ1) is 12.3. The third kappa shape index (κ3) is 6.35. The van der Waals surface area contributed by atoms with Crippen molar-refractivity contribution in [1.82, 2.24) is 14.5 Å². The Morgan fingerprint density at radius 1 is 1.15 bits per heavy atom. The first kappa shape index (κ1) is 20.8. The second-order valence-electron chi connectivity index (χ2n) is 6.91. The smallest absolute Gasteiger partial charge is 0.240 e. The number of benzene rings is 1. The number of sulfonamides is 1. The molecular weight excluding hydrogens is 352 g/mol. The molecule has 0 spiro atoms. The zero-order valence-corrected chi connectivity index (χ0v) is 16.7. The van der Waals surface area contributed by atoms with Gasteiger partial charge in [-0.1, -0.05) is 6.07 Å². The van der Waals surface area contributed by atoms with Crippen LogP contribution in [0.15, 0.2) is 23.1 Å². The number of rotatable bonds is 8. The maximum absolute atomic E-state index is 12.6. The molecule has 1 aromatic rings. The molecule has 1 fully saturated rings. The van der Waals surface area contributed by atoms with E-state index in [1.165, 1.54) is 13.0 Å². The normalized spacial score (nSPS) is 16.6. The van der Waals surface area contributed by atoms with Crippen LogP contribution in [0.1, 0.15) is 25.3 Å². The fourth-order valence-corrected chi connectivity index (χ4v) is 4.33. The molecule has 0 aliphatic carbocycles. The first-order valence-electron chi connectivity index (χ1n) is 9.07. The van der Waals surface area contributed by atoms with Crippen LogP contribution in [0.3, 0.4) is 0 Å². The van der Waals surface area contributed by atoms with Crippen LogP contribution in [0.2, 0.25) is 0 Å². The molecule has 0 radical (unpaired) electrons. The van der Waals surface area contributed by atoms with Crippen LogP contribution in [0.5, 0.6) is 0 Å². The number of nitrogens with one attached hydrogen (secondary N) is 2. The predicted octanol–water partition coefficient (Wildman–Crippen LogP) is 1.26. The van der Waals surface area contributed by atoms with E-state index in [1.807, 2.05) is 0 Å². The van der Waals surface area contributed by atoms with Crippen molar-refractivity contribution < 1.29 is 13.2 Å². The van der Waals surface area contributed by atoms with Gasteiger partial charge in [-0.3, -0.25) is 4.79 Å². The highest BCUT2D eigenvalue weighted by atomic mass is 32.2. The maximum Gasteiger partial charge on any atom is 0.240 e. The van der Waals surface area contributed by atoms with Gasteiger partial charge in [-0.25, -0.2) is 13.1 Å². The van der Waals surface area contributed by atoms with Gasteiger partial charge in [0.15, 0.2) is 0 Å². The van der Waals surface area contributed by atoms with Gasteiger partial charge >= 0.3 is 0 Å². The monoisotopic (exact) mass is 382 g/mol. The molecular formula is C18H30N4O3S. The molecule has 1 aromatic carbocycles. The van der Waals surface area contributed by atoms with E-state index in [1.54, 1.807) is 19.1 Å². The lowest BCUT2D eigenvalue weighted by Crippen LogP contribution is -2.44. The molecule has 0 aromatic heterocycles. The SMILES string of the molecule is CC(=O)Nc1ccc(C)c(S(=O)(=O)NCCCCN2CCN(C)CC2)c1. The minimum Gasteiger partial charge on any atom is -0.326 e. The molecule has 146 valence electrons. The molecule has 1 aliphatic rings. The van der Waals surface area contributed by atoms with Crippen molar-refractivity contribution in [1.29, 1.82) is 0 Å². The summed E-state index contributed by atoms with van der Waals surface area (Å²) in [5.74, 6) is -0.228. The van der Waals surface area contributed by atoms with E-state index in [-0.39, 0.29) is 10.8 Å². The highest BCUT2D eigenvalue weighted by Crippen LogP contribution is 2.20. The summed E-state index contributed by atoms with van der Waals surface area (Å²) >= 11 is 0. The van der Waals surface area contributed by atoms with E-state index in [2.05, 4.69) is 26.9 Å². The number of piperazine rings is 1. The number of carbonyl (C=O) groups is 1. The van der Waals surface area contributed by atoms with Crippen molar-refractivity contribution in [2.24, 2.45) is 0 Å². The molecule has 0 bridgehead atoms. The van der Waals surface area contributed by atoms with Crippen molar-refractivity contribution in [2.75, 3.05) is 51.6 Å². The summed E-state index contributed by atoms with van der Waals surface area (Å²) in [5.41, 5.74) is 1.14. The largest absolute Gasteiger partial charge is 0.326 e. The third-order valence-electron chi connectivity index (χ3n) is 4.59. The Labute approximate surface area is 156 Å². The summed E-state index contributed by atoms with van der Waals surface area (Å²) < 4.78 is 27.8.